The van der Waals surface area contributed by atoms with Crippen LogP contribution in [0.3, 0.4) is 0 Å². The molecule has 0 heterocycles. The van der Waals surface area contributed by atoms with E-state index in [2.05, 4.69) is 88.8 Å². The lowest BCUT2D eigenvalue weighted by atomic mass is 9.32. The lowest BCUT2D eigenvalue weighted by molar-refractivity contribution is -0.251. The first kappa shape index (κ1) is 47.5. The van der Waals surface area contributed by atoms with E-state index in [0.717, 1.165) is 86.9 Å². The van der Waals surface area contributed by atoms with Crippen LogP contribution in [-0.4, -0.2) is 24.1 Å². The van der Waals surface area contributed by atoms with E-state index in [1.165, 1.54) is 89.0 Å². The van der Waals surface area contributed by atoms with Crippen molar-refractivity contribution in [3.8, 4) is 0 Å². The first-order valence-electron chi connectivity index (χ1n) is 27.9. The Bertz CT molecular complexity index is 1840. The van der Waals surface area contributed by atoms with E-state index >= 15 is 4.79 Å². The van der Waals surface area contributed by atoms with Gasteiger partial charge in [0.1, 0.15) is 12.2 Å². The number of esters is 2. The summed E-state index contributed by atoms with van der Waals surface area (Å²) in [5.74, 6) is 7.60. The Morgan fingerprint density at radius 1 is 0.719 bits per heavy atom. The van der Waals surface area contributed by atoms with Crippen molar-refractivity contribution in [3.05, 3.63) is 23.8 Å². The number of rotatable bonds is 10. The average molecular weight is 881 g/mol. The minimum Gasteiger partial charge on any atom is -0.462 e. The fourth-order valence-electron chi connectivity index (χ4n) is 20.9. The van der Waals surface area contributed by atoms with E-state index in [4.69, 9.17) is 9.47 Å². The van der Waals surface area contributed by atoms with Crippen LogP contribution in [0.15, 0.2) is 23.8 Å². The zero-order valence-electron chi connectivity index (χ0n) is 43.5. The Kier molecular flexibility index (Phi) is 12.3. The Labute approximate surface area is 392 Å². The van der Waals surface area contributed by atoms with E-state index in [1.54, 1.807) is 5.57 Å². The monoisotopic (exact) mass is 881 g/mol. The van der Waals surface area contributed by atoms with Gasteiger partial charge in [-0.25, -0.2) is 0 Å². The van der Waals surface area contributed by atoms with Crippen molar-refractivity contribution in [1.29, 1.82) is 0 Å². The van der Waals surface area contributed by atoms with Gasteiger partial charge in [-0.2, -0.15) is 0 Å². The fraction of sp³-hybridized carbons (Fsp3) is 0.900. The van der Waals surface area contributed by atoms with Gasteiger partial charge in [-0.3, -0.25) is 9.59 Å². The zero-order valence-corrected chi connectivity index (χ0v) is 43.5. The zero-order chi connectivity index (χ0) is 46.0. The topological polar surface area (TPSA) is 52.6 Å². The van der Waals surface area contributed by atoms with Gasteiger partial charge < -0.3 is 9.47 Å². The van der Waals surface area contributed by atoms with Gasteiger partial charge in [0.25, 0.3) is 0 Å². The molecule has 0 spiro atoms. The van der Waals surface area contributed by atoms with E-state index in [9.17, 15) is 4.79 Å². The highest BCUT2D eigenvalue weighted by molar-refractivity contribution is 5.78. The number of fused-ring (bicyclic) bond motifs is 12. The van der Waals surface area contributed by atoms with Gasteiger partial charge in [0.15, 0.2) is 0 Å². The van der Waals surface area contributed by atoms with Crippen molar-refractivity contribution in [2.45, 2.75) is 237 Å². The predicted octanol–water partition coefficient (Wildman–Crippen LogP) is 15.9. The SMILES string of the molecule is C=C(C)[C@@H]1CC[C@]2(C(=O)O[C@@H]3CC[C@@]4(C)C(=CC[C@H]5[C@@H]6CC[C@H]([C@H](C)CCCC(C)C)[C@@]6(C)CC[C@@H]54)C3)CC[C@]3(C)[C@H](CC[C@@H]4[C@@]5(C)CC[C@H](OC(=O)CC)C(C)(C)C5CC[C@]43C)C12. The molecule has 0 saturated heterocycles. The second-order valence-corrected chi connectivity index (χ2v) is 27.6. The second-order valence-electron chi connectivity index (χ2n) is 27.6. The lowest BCUT2D eigenvalue weighted by Crippen LogP contribution is -2.67. The van der Waals surface area contributed by atoms with Gasteiger partial charge in [0.2, 0.25) is 0 Å². The minimum absolute atomic E-state index is 0.0105. The van der Waals surface area contributed by atoms with Crippen molar-refractivity contribution in [3.63, 3.8) is 0 Å². The first-order chi connectivity index (χ1) is 30.1. The van der Waals surface area contributed by atoms with Crippen molar-refractivity contribution in [2.75, 3.05) is 0 Å². The molecule has 9 aliphatic rings. The van der Waals surface area contributed by atoms with E-state index in [-0.39, 0.29) is 56.6 Å². The largest absolute Gasteiger partial charge is 0.462 e. The lowest BCUT2D eigenvalue weighted by Gasteiger charge is -2.72. The van der Waals surface area contributed by atoms with Gasteiger partial charge >= 0.3 is 11.9 Å². The maximum absolute atomic E-state index is 15.3. The Morgan fingerprint density at radius 3 is 2.17 bits per heavy atom. The number of carbonyl (C=O) groups excluding carboxylic acids is 2. The standard InChI is InChI=1S/C60H96O4/c1-14-51(61)64-50-28-31-57(11)48(54(50,7)8)27-32-59(13)49(57)23-22-47-52-42(38(4)5)25-33-60(52,35-34-58(47,59)12)53(62)63-41-24-29-55(9)40(36-41)18-19-43-45-21-20-44(39(6)17-15-16-37(2)3)56(45,10)30-26-46(43)55/h18,37,39,41-50,52H,4,14-17,19-36H2,1-3,5-13H3/t39-,41-,42+,43+,44-,45+,46+,47-,48?,49-,50+,52?,55+,56-,57+,58-,59-,60+/m1/s1. The third-order valence-corrected chi connectivity index (χ3v) is 24.5. The van der Waals surface area contributed by atoms with E-state index < -0.39 is 0 Å². The van der Waals surface area contributed by atoms with Crippen LogP contribution >= 0.6 is 0 Å². The summed E-state index contributed by atoms with van der Waals surface area (Å²) in [6, 6.07) is 0. The van der Waals surface area contributed by atoms with Gasteiger partial charge in [-0.05, 0) is 208 Å². The summed E-state index contributed by atoms with van der Waals surface area (Å²) >= 11 is 0. The molecule has 0 aromatic carbocycles. The van der Waals surface area contributed by atoms with Crippen LogP contribution in [0.5, 0.6) is 0 Å². The van der Waals surface area contributed by atoms with Crippen molar-refractivity contribution >= 4 is 11.9 Å². The van der Waals surface area contributed by atoms with Crippen LogP contribution in [0.2, 0.25) is 0 Å². The van der Waals surface area contributed by atoms with Crippen LogP contribution < -0.4 is 0 Å². The molecule has 360 valence electrons. The summed E-state index contributed by atoms with van der Waals surface area (Å²) < 4.78 is 13.2. The molecule has 8 fully saturated rings. The van der Waals surface area contributed by atoms with E-state index in [0.29, 0.717) is 41.4 Å². The molecule has 18 atom stereocenters. The molecular weight excluding hydrogens is 785 g/mol. The molecule has 0 aromatic heterocycles. The molecule has 8 saturated carbocycles. The summed E-state index contributed by atoms with van der Waals surface area (Å²) in [6.45, 7) is 34.4. The second kappa shape index (κ2) is 16.5. The number of allylic oxidation sites excluding steroid dienone is 2. The Morgan fingerprint density at radius 2 is 1.45 bits per heavy atom. The van der Waals surface area contributed by atoms with Crippen LogP contribution in [0.1, 0.15) is 224 Å². The molecule has 64 heavy (non-hydrogen) atoms. The van der Waals surface area contributed by atoms with E-state index in [1.807, 2.05) is 6.92 Å². The number of carbonyl (C=O) groups is 2. The van der Waals surface area contributed by atoms with Crippen LogP contribution in [0.25, 0.3) is 0 Å². The van der Waals surface area contributed by atoms with Crippen molar-refractivity contribution < 1.29 is 19.1 Å². The first-order valence-corrected chi connectivity index (χ1v) is 27.9. The molecule has 2 unspecified atom stereocenters. The smallest absolute Gasteiger partial charge is 0.312 e. The maximum atomic E-state index is 15.3. The minimum atomic E-state index is -0.382. The molecule has 0 bridgehead atoms. The highest BCUT2D eigenvalue weighted by Gasteiger charge is 2.73. The fourth-order valence-corrected chi connectivity index (χ4v) is 20.9. The molecule has 0 aliphatic heterocycles. The third kappa shape index (κ3) is 6.93. The highest BCUT2D eigenvalue weighted by Crippen LogP contribution is 2.78. The van der Waals surface area contributed by atoms with Gasteiger partial charge in [-0.1, -0.05) is 119 Å². The number of hydrogen-bond donors (Lipinski definition) is 0. The summed E-state index contributed by atoms with van der Waals surface area (Å²) in [5, 5.41) is 0. The van der Waals surface area contributed by atoms with Gasteiger partial charge in [0.05, 0.1) is 5.41 Å². The molecule has 4 heteroatoms. The summed E-state index contributed by atoms with van der Waals surface area (Å²) in [6.07, 6.45) is 28.7. The quantitative estimate of drug-likeness (QED) is 0.162. The normalized spacial score (nSPS) is 49.4. The molecule has 0 amide bonds. The molecule has 0 radical (unpaired) electrons. The summed E-state index contributed by atoms with van der Waals surface area (Å²) in [7, 11) is 0. The molecule has 9 aliphatic carbocycles. The number of hydrogen-bond acceptors (Lipinski definition) is 4. The summed E-state index contributed by atoms with van der Waals surface area (Å²) in [4.78, 5) is 27.9. The maximum Gasteiger partial charge on any atom is 0.312 e. The van der Waals surface area contributed by atoms with Crippen LogP contribution in [-0.2, 0) is 19.1 Å². The molecule has 0 N–H and O–H groups in total. The average Bonchev–Trinajstić information content (AvgIpc) is 3.81. The molecular formula is C60H96O4. The third-order valence-electron chi connectivity index (χ3n) is 24.5. The van der Waals surface area contributed by atoms with Crippen molar-refractivity contribution in [1.82, 2.24) is 0 Å². The molecule has 0 aromatic rings. The van der Waals surface area contributed by atoms with Crippen LogP contribution in [0.4, 0.5) is 0 Å². The Balaban J connectivity index is 0.905. The number of ether oxygens (including phenoxy) is 2. The Hall–Kier alpha value is -1.58. The van der Waals surface area contributed by atoms with Gasteiger partial charge in [-0.15, -0.1) is 0 Å². The van der Waals surface area contributed by atoms with Crippen LogP contribution in [0, 0.1) is 103 Å². The van der Waals surface area contributed by atoms with Gasteiger partial charge in [0, 0.05) is 18.3 Å². The summed E-state index contributed by atoms with van der Waals surface area (Å²) in [5.41, 5.74) is 3.90. The highest BCUT2D eigenvalue weighted by atomic mass is 16.5. The molecule has 9 rings (SSSR count). The molecule has 4 nitrogen and oxygen atoms in total. The van der Waals surface area contributed by atoms with Crippen molar-refractivity contribution in [2.24, 2.45) is 103 Å². The predicted molar refractivity (Wildman–Crippen MR) is 262 cm³/mol.